The minimum atomic E-state index is 0.183. The maximum absolute atomic E-state index is 9.46. The first-order chi connectivity index (χ1) is 7.86. The van der Waals surface area contributed by atoms with Gasteiger partial charge >= 0.3 is 0 Å². The average Bonchev–Trinajstić information content (AvgIpc) is 2.33. The van der Waals surface area contributed by atoms with Crippen molar-refractivity contribution in [1.82, 2.24) is 0 Å². The summed E-state index contributed by atoms with van der Waals surface area (Å²) in [5, 5.41) is 13.2. The maximum atomic E-state index is 9.46. The van der Waals surface area contributed by atoms with Gasteiger partial charge in [-0.15, -0.1) is 0 Å². The molecule has 3 nitrogen and oxygen atoms in total. The fraction of sp³-hybridized carbons (Fsp3) is 0. The van der Waals surface area contributed by atoms with Gasteiger partial charge in [0.1, 0.15) is 5.75 Å². The molecular formula is C13H11NO2. The molecule has 0 spiro atoms. The fourth-order valence-electron chi connectivity index (χ4n) is 1.22. The van der Waals surface area contributed by atoms with E-state index in [2.05, 4.69) is 5.16 Å². The van der Waals surface area contributed by atoms with Gasteiger partial charge in [0.05, 0.1) is 6.21 Å². The van der Waals surface area contributed by atoms with Crippen LogP contribution in [0.2, 0.25) is 0 Å². The summed E-state index contributed by atoms with van der Waals surface area (Å²) in [4.78, 5) is 5.12. The van der Waals surface area contributed by atoms with Gasteiger partial charge in [0, 0.05) is 5.56 Å². The Balaban J connectivity index is 2.03. The lowest BCUT2D eigenvalue weighted by Gasteiger charge is -1.98. The minimum Gasteiger partial charge on any atom is -0.507 e. The molecule has 0 aliphatic carbocycles. The van der Waals surface area contributed by atoms with E-state index in [0.717, 1.165) is 0 Å². The van der Waals surface area contributed by atoms with E-state index in [4.69, 9.17) is 4.84 Å². The van der Waals surface area contributed by atoms with E-state index in [-0.39, 0.29) is 5.75 Å². The highest BCUT2D eigenvalue weighted by Crippen LogP contribution is 2.13. The highest BCUT2D eigenvalue weighted by molar-refractivity contribution is 5.82. The Labute approximate surface area is 93.6 Å². The van der Waals surface area contributed by atoms with Gasteiger partial charge in [-0.25, -0.2) is 0 Å². The number of hydrogen-bond donors (Lipinski definition) is 1. The number of para-hydroxylation sites is 2. The van der Waals surface area contributed by atoms with Crippen LogP contribution in [0, 0.1) is 0 Å². The molecule has 2 rings (SSSR count). The maximum Gasteiger partial charge on any atom is 0.157 e. The van der Waals surface area contributed by atoms with Gasteiger partial charge < -0.3 is 9.94 Å². The van der Waals surface area contributed by atoms with Crippen LogP contribution in [0.25, 0.3) is 0 Å². The smallest absolute Gasteiger partial charge is 0.157 e. The molecule has 1 N–H and O–H groups in total. The van der Waals surface area contributed by atoms with E-state index >= 15 is 0 Å². The van der Waals surface area contributed by atoms with E-state index in [1.165, 1.54) is 6.21 Å². The highest BCUT2D eigenvalue weighted by Gasteiger charge is 1.94. The molecule has 0 aliphatic heterocycles. The molecule has 0 bridgehead atoms. The van der Waals surface area contributed by atoms with Crippen LogP contribution >= 0.6 is 0 Å². The molecule has 2 aromatic carbocycles. The molecule has 0 radical (unpaired) electrons. The van der Waals surface area contributed by atoms with Crippen LogP contribution in [-0.2, 0) is 0 Å². The second kappa shape index (κ2) is 4.98. The summed E-state index contributed by atoms with van der Waals surface area (Å²) in [7, 11) is 0. The quantitative estimate of drug-likeness (QED) is 0.629. The van der Waals surface area contributed by atoms with Crippen molar-refractivity contribution in [1.29, 1.82) is 0 Å². The second-order valence-electron chi connectivity index (χ2n) is 3.20. The van der Waals surface area contributed by atoms with Crippen molar-refractivity contribution in [2.45, 2.75) is 0 Å². The molecule has 0 unspecified atom stereocenters. The van der Waals surface area contributed by atoms with E-state index in [1.54, 1.807) is 18.2 Å². The Morgan fingerprint density at radius 3 is 2.38 bits per heavy atom. The number of phenols is 1. The van der Waals surface area contributed by atoms with Crippen LogP contribution < -0.4 is 4.84 Å². The molecule has 0 atom stereocenters. The van der Waals surface area contributed by atoms with Crippen molar-refractivity contribution < 1.29 is 9.94 Å². The molecule has 0 saturated heterocycles. The van der Waals surface area contributed by atoms with Crippen LogP contribution in [-0.4, -0.2) is 11.3 Å². The number of nitrogens with zero attached hydrogens (tertiary/aromatic N) is 1. The summed E-state index contributed by atoms with van der Waals surface area (Å²) < 4.78 is 0. The molecule has 0 heterocycles. The van der Waals surface area contributed by atoms with Crippen molar-refractivity contribution >= 4 is 6.21 Å². The third-order valence-electron chi connectivity index (χ3n) is 2.03. The summed E-state index contributed by atoms with van der Waals surface area (Å²) in [5.41, 5.74) is 0.624. The van der Waals surface area contributed by atoms with Gasteiger partial charge in [-0.05, 0) is 24.3 Å². The number of hydrogen-bond acceptors (Lipinski definition) is 3. The lowest BCUT2D eigenvalue weighted by atomic mass is 10.2. The zero-order valence-electron chi connectivity index (χ0n) is 8.58. The van der Waals surface area contributed by atoms with Gasteiger partial charge in [-0.1, -0.05) is 35.5 Å². The molecule has 0 fully saturated rings. The topological polar surface area (TPSA) is 41.8 Å². The van der Waals surface area contributed by atoms with Gasteiger partial charge in [-0.2, -0.15) is 0 Å². The van der Waals surface area contributed by atoms with Crippen molar-refractivity contribution in [2.24, 2.45) is 5.16 Å². The Bertz CT molecular complexity index is 480. The molecule has 16 heavy (non-hydrogen) atoms. The Morgan fingerprint density at radius 2 is 1.62 bits per heavy atom. The van der Waals surface area contributed by atoms with Crippen LogP contribution in [0.4, 0.5) is 0 Å². The minimum absolute atomic E-state index is 0.183. The molecule has 80 valence electrons. The predicted octanol–water partition coefficient (Wildman–Crippen LogP) is 2.81. The monoisotopic (exact) mass is 213 g/mol. The second-order valence-corrected chi connectivity index (χ2v) is 3.20. The average molecular weight is 213 g/mol. The summed E-state index contributed by atoms with van der Waals surface area (Å²) >= 11 is 0. The lowest BCUT2D eigenvalue weighted by molar-refractivity contribution is 0.343. The standard InChI is InChI=1S/C13H11NO2/c15-13-9-5-4-6-11(13)10-14-16-12-7-2-1-3-8-12/h1-10,15H/b14-10+. The zero-order chi connectivity index (χ0) is 11.2. The molecular weight excluding hydrogens is 202 g/mol. The van der Waals surface area contributed by atoms with E-state index in [1.807, 2.05) is 36.4 Å². The van der Waals surface area contributed by atoms with Crippen LogP contribution in [0.3, 0.4) is 0 Å². The first-order valence-corrected chi connectivity index (χ1v) is 4.90. The molecule has 0 saturated carbocycles. The van der Waals surface area contributed by atoms with Gasteiger partial charge in [-0.3, -0.25) is 0 Å². The number of rotatable bonds is 3. The molecule has 0 aliphatic rings. The number of oxime groups is 1. The molecule has 2 aromatic rings. The highest BCUT2D eigenvalue weighted by atomic mass is 16.6. The normalized spacial score (nSPS) is 10.5. The van der Waals surface area contributed by atoms with E-state index in [9.17, 15) is 5.11 Å². The van der Waals surface area contributed by atoms with Crippen molar-refractivity contribution in [3.05, 3.63) is 60.2 Å². The number of benzene rings is 2. The van der Waals surface area contributed by atoms with Crippen LogP contribution in [0.15, 0.2) is 59.8 Å². The third kappa shape index (κ3) is 2.60. The largest absolute Gasteiger partial charge is 0.507 e. The predicted molar refractivity (Wildman–Crippen MR) is 62.8 cm³/mol. The SMILES string of the molecule is Oc1ccccc1/C=N/Oc1ccccc1. The van der Waals surface area contributed by atoms with Gasteiger partial charge in [0.15, 0.2) is 5.75 Å². The lowest BCUT2D eigenvalue weighted by Crippen LogP contribution is -1.86. The molecule has 0 amide bonds. The van der Waals surface area contributed by atoms with Crippen molar-refractivity contribution in [2.75, 3.05) is 0 Å². The summed E-state index contributed by atoms with van der Waals surface area (Å²) in [5.74, 6) is 0.845. The van der Waals surface area contributed by atoms with Crippen LogP contribution in [0.5, 0.6) is 11.5 Å². The van der Waals surface area contributed by atoms with Crippen molar-refractivity contribution in [3.8, 4) is 11.5 Å². The van der Waals surface area contributed by atoms with Gasteiger partial charge in [0.25, 0.3) is 0 Å². The number of phenolic OH excluding ortho intramolecular Hbond substituents is 1. The third-order valence-corrected chi connectivity index (χ3v) is 2.03. The fourth-order valence-corrected chi connectivity index (χ4v) is 1.22. The first kappa shape index (κ1) is 10.2. The van der Waals surface area contributed by atoms with Gasteiger partial charge in [0.2, 0.25) is 0 Å². The van der Waals surface area contributed by atoms with E-state index in [0.29, 0.717) is 11.3 Å². The van der Waals surface area contributed by atoms with Crippen molar-refractivity contribution in [3.63, 3.8) is 0 Å². The Morgan fingerprint density at radius 1 is 0.938 bits per heavy atom. The summed E-state index contributed by atoms with van der Waals surface area (Å²) in [6, 6.07) is 16.2. The molecule has 3 heteroatoms. The molecule has 0 aromatic heterocycles. The van der Waals surface area contributed by atoms with E-state index < -0.39 is 0 Å². The summed E-state index contributed by atoms with van der Waals surface area (Å²) in [6.07, 6.45) is 1.47. The number of aromatic hydroxyl groups is 1. The zero-order valence-corrected chi connectivity index (χ0v) is 8.58. The Hall–Kier alpha value is -2.29. The summed E-state index contributed by atoms with van der Waals surface area (Å²) in [6.45, 7) is 0. The van der Waals surface area contributed by atoms with Crippen LogP contribution in [0.1, 0.15) is 5.56 Å². The Kier molecular flexibility index (Phi) is 3.18. The first-order valence-electron chi connectivity index (χ1n) is 4.90.